The maximum Gasteiger partial charge on any atom is 0.143 e. The maximum absolute atomic E-state index is 5.82. The molecular formula is C14H21NO. The molecule has 0 aliphatic carbocycles. The van der Waals surface area contributed by atoms with Crippen molar-refractivity contribution < 1.29 is 4.74 Å². The first kappa shape index (κ1) is 11.3. The second kappa shape index (κ2) is 4.36. The van der Waals surface area contributed by atoms with E-state index >= 15 is 0 Å². The van der Waals surface area contributed by atoms with Crippen molar-refractivity contribution in [1.82, 2.24) is 0 Å². The highest BCUT2D eigenvalue weighted by Crippen LogP contribution is 2.33. The van der Waals surface area contributed by atoms with Crippen LogP contribution in [-0.2, 0) is 6.42 Å². The predicted octanol–water partition coefficient (Wildman–Crippen LogP) is 3.10. The van der Waals surface area contributed by atoms with E-state index in [0.717, 1.165) is 18.7 Å². The lowest BCUT2D eigenvalue weighted by molar-refractivity contribution is 0.215. The van der Waals surface area contributed by atoms with Crippen molar-refractivity contribution in [2.24, 2.45) is 5.92 Å². The number of likely N-dealkylation sites (N-methyl/N-ethyl adjacent to an activating group) is 1. The minimum Gasteiger partial charge on any atom is -0.487 e. The lowest BCUT2D eigenvalue weighted by Gasteiger charge is -2.32. The molecular weight excluding hydrogens is 198 g/mol. The molecule has 1 unspecified atom stereocenters. The van der Waals surface area contributed by atoms with Crippen LogP contribution >= 0.6 is 0 Å². The smallest absolute Gasteiger partial charge is 0.143 e. The Hall–Kier alpha value is -1.18. The van der Waals surface area contributed by atoms with Crippen molar-refractivity contribution in [3.05, 3.63) is 23.8 Å². The Balaban J connectivity index is 2.27. The van der Waals surface area contributed by atoms with E-state index in [1.807, 2.05) is 0 Å². The third-order valence-corrected chi connectivity index (χ3v) is 2.94. The van der Waals surface area contributed by atoms with Crippen LogP contribution in [0.25, 0.3) is 0 Å². The van der Waals surface area contributed by atoms with Crippen molar-refractivity contribution in [2.75, 3.05) is 18.5 Å². The van der Waals surface area contributed by atoms with Crippen molar-refractivity contribution >= 4 is 5.69 Å². The lowest BCUT2D eigenvalue weighted by atomic mass is 10.0. The van der Waals surface area contributed by atoms with Gasteiger partial charge in [-0.15, -0.1) is 0 Å². The Morgan fingerprint density at radius 3 is 2.88 bits per heavy atom. The van der Waals surface area contributed by atoms with Crippen molar-refractivity contribution in [1.29, 1.82) is 0 Å². The number of benzene rings is 1. The molecule has 0 saturated heterocycles. The van der Waals surface area contributed by atoms with Gasteiger partial charge in [-0.2, -0.15) is 0 Å². The molecule has 16 heavy (non-hydrogen) atoms. The zero-order valence-corrected chi connectivity index (χ0v) is 10.7. The monoisotopic (exact) mass is 219 g/mol. The van der Waals surface area contributed by atoms with Crippen LogP contribution in [0.1, 0.15) is 26.3 Å². The number of nitrogens with zero attached hydrogens (tertiary/aromatic N) is 1. The number of anilines is 1. The summed E-state index contributed by atoms with van der Waals surface area (Å²) in [5.41, 5.74) is 2.63. The van der Waals surface area contributed by atoms with Crippen LogP contribution in [0.4, 0.5) is 5.69 Å². The van der Waals surface area contributed by atoms with Gasteiger partial charge in [0.25, 0.3) is 0 Å². The molecule has 0 aromatic heterocycles. The molecule has 1 aliphatic rings. The summed E-state index contributed by atoms with van der Waals surface area (Å²) < 4.78 is 5.82. The second-order valence-electron chi connectivity index (χ2n) is 5.21. The Bertz CT molecular complexity index is 373. The average molecular weight is 219 g/mol. The first-order valence-electron chi connectivity index (χ1n) is 6.07. The summed E-state index contributed by atoms with van der Waals surface area (Å²) in [6, 6.07) is 6.56. The summed E-state index contributed by atoms with van der Waals surface area (Å²) in [4.78, 5) is 2.29. The SMILES string of the molecule is CC(C)Cc1ccc2c(c1)N(C)CC(C)O2. The van der Waals surface area contributed by atoms with Gasteiger partial charge >= 0.3 is 0 Å². The molecule has 0 N–H and O–H groups in total. The fraction of sp³-hybridized carbons (Fsp3) is 0.571. The summed E-state index contributed by atoms with van der Waals surface area (Å²) in [5, 5.41) is 0. The highest BCUT2D eigenvalue weighted by molar-refractivity contribution is 5.61. The van der Waals surface area contributed by atoms with E-state index < -0.39 is 0 Å². The number of rotatable bonds is 2. The zero-order chi connectivity index (χ0) is 11.7. The Labute approximate surface area is 98.2 Å². The average Bonchev–Trinajstić information content (AvgIpc) is 2.18. The highest BCUT2D eigenvalue weighted by atomic mass is 16.5. The van der Waals surface area contributed by atoms with Crippen molar-refractivity contribution in [3.63, 3.8) is 0 Å². The summed E-state index contributed by atoms with van der Waals surface area (Å²) in [7, 11) is 2.14. The second-order valence-corrected chi connectivity index (χ2v) is 5.21. The Morgan fingerprint density at radius 1 is 1.44 bits per heavy atom. The minimum atomic E-state index is 0.286. The molecule has 1 heterocycles. The van der Waals surface area contributed by atoms with Gasteiger partial charge in [0.1, 0.15) is 11.9 Å². The molecule has 0 saturated carbocycles. The molecule has 1 aromatic rings. The molecule has 1 aromatic carbocycles. The first-order valence-corrected chi connectivity index (χ1v) is 6.07. The lowest BCUT2D eigenvalue weighted by Crippen LogP contribution is -2.35. The van der Waals surface area contributed by atoms with Crippen LogP contribution in [-0.4, -0.2) is 19.7 Å². The van der Waals surface area contributed by atoms with E-state index in [0.29, 0.717) is 5.92 Å². The standard InChI is InChI=1S/C14H21NO/c1-10(2)7-12-5-6-14-13(8-12)15(4)9-11(3)16-14/h5-6,8,10-11H,7,9H2,1-4H3. The molecule has 2 heteroatoms. The molecule has 0 radical (unpaired) electrons. The molecule has 2 rings (SSSR count). The van der Waals surface area contributed by atoms with E-state index in [4.69, 9.17) is 4.74 Å². The molecule has 1 atom stereocenters. The van der Waals surface area contributed by atoms with Crippen LogP contribution in [0.5, 0.6) is 5.75 Å². The third kappa shape index (κ3) is 2.31. The first-order chi connectivity index (χ1) is 7.56. The molecule has 88 valence electrons. The Kier molecular flexibility index (Phi) is 3.08. The molecule has 0 amide bonds. The molecule has 1 aliphatic heterocycles. The highest BCUT2D eigenvalue weighted by Gasteiger charge is 2.20. The Morgan fingerprint density at radius 2 is 2.19 bits per heavy atom. The van der Waals surface area contributed by atoms with Gasteiger partial charge in [-0.1, -0.05) is 19.9 Å². The van der Waals surface area contributed by atoms with Crippen LogP contribution in [0, 0.1) is 5.92 Å². The van der Waals surface area contributed by atoms with Crippen LogP contribution < -0.4 is 9.64 Å². The van der Waals surface area contributed by atoms with E-state index in [-0.39, 0.29) is 6.10 Å². The summed E-state index contributed by atoms with van der Waals surface area (Å²) in [6.07, 6.45) is 1.42. The minimum absolute atomic E-state index is 0.286. The van der Waals surface area contributed by atoms with Gasteiger partial charge in [-0.3, -0.25) is 0 Å². The quantitative estimate of drug-likeness (QED) is 0.758. The fourth-order valence-corrected chi connectivity index (χ4v) is 2.30. The van der Waals surface area contributed by atoms with E-state index in [2.05, 4.69) is 50.9 Å². The van der Waals surface area contributed by atoms with Gasteiger partial charge in [0.05, 0.1) is 12.2 Å². The topological polar surface area (TPSA) is 12.5 Å². The molecule has 0 bridgehead atoms. The normalized spacial score (nSPS) is 19.6. The van der Waals surface area contributed by atoms with Crippen LogP contribution in [0.15, 0.2) is 18.2 Å². The summed E-state index contributed by atoms with van der Waals surface area (Å²) >= 11 is 0. The molecule has 2 nitrogen and oxygen atoms in total. The van der Waals surface area contributed by atoms with Gasteiger partial charge in [0, 0.05) is 7.05 Å². The van der Waals surface area contributed by atoms with Gasteiger partial charge < -0.3 is 9.64 Å². The van der Waals surface area contributed by atoms with Gasteiger partial charge in [0.2, 0.25) is 0 Å². The summed E-state index contributed by atoms with van der Waals surface area (Å²) in [5.74, 6) is 1.72. The van der Waals surface area contributed by atoms with Gasteiger partial charge in [0.15, 0.2) is 0 Å². The van der Waals surface area contributed by atoms with Crippen molar-refractivity contribution in [3.8, 4) is 5.75 Å². The van der Waals surface area contributed by atoms with Gasteiger partial charge in [-0.05, 0) is 37.0 Å². The number of ether oxygens (including phenoxy) is 1. The summed E-state index contributed by atoms with van der Waals surface area (Å²) in [6.45, 7) is 7.59. The zero-order valence-electron chi connectivity index (χ0n) is 10.7. The van der Waals surface area contributed by atoms with E-state index in [1.54, 1.807) is 0 Å². The van der Waals surface area contributed by atoms with Crippen molar-refractivity contribution in [2.45, 2.75) is 33.3 Å². The van der Waals surface area contributed by atoms with E-state index in [9.17, 15) is 0 Å². The van der Waals surface area contributed by atoms with Crippen LogP contribution in [0.3, 0.4) is 0 Å². The number of hydrogen-bond acceptors (Lipinski definition) is 2. The number of hydrogen-bond donors (Lipinski definition) is 0. The molecule has 0 spiro atoms. The fourth-order valence-electron chi connectivity index (χ4n) is 2.30. The van der Waals surface area contributed by atoms with Gasteiger partial charge in [-0.25, -0.2) is 0 Å². The predicted molar refractivity (Wildman–Crippen MR) is 68.3 cm³/mol. The molecule has 0 fully saturated rings. The van der Waals surface area contributed by atoms with Crippen LogP contribution in [0.2, 0.25) is 0 Å². The maximum atomic E-state index is 5.82. The largest absolute Gasteiger partial charge is 0.487 e. The third-order valence-electron chi connectivity index (χ3n) is 2.94. The number of fused-ring (bicyclic) bond motifs is 1. The van der Waals surface area contributed by atoms with E-state index in [1.165, 1.54) is 11.3 Å².